The molecule has 37 heavy (non-hydrogen) atoms. The summed E-state index contributed by atoms with van der Waals surface area (Å²) in [5.41, 5.74) is 0.635. The summed E-state index contributed by atoms with van der Waals surface area (Å²) >= 11 is 24.8. The summed E-state index contributed by atoms with van der Waals surface area (Å²) in [6.07, 6.45) is 5.13. The van der Waals surface area contributed by atoms with Crippen LogP contribution in [0.3, 0.4) is 0 Å². The van der Waals surface area contributed by atoms with Crippen LogP contribution in [-0.2, 0) is 26.2 Å². The highest BCUT2D eigenvalue weighted by atomic mass is 35.5. The number of carbonyl (C=O) groups is 2. The fourth-order valence-electron chi connectivity index (χ4n) is 4.40. The average Bonchev–Trinajstić information content (AvgIpc) is 3.33. The van der Waals surface area contributed by atoms with Gasteiger partial charge in [0, 0.05) is 17.6 Å². The van der Waals surface area contributed by atoms with Gasteiger partial charge in [-0.25, -0.2) is 8.42 Å². The van der Waals surface area contributed by atoms with Crippen molar-refractivity contribution < 1.29 is 18.0 Å². The molecule has 1 saturated carbocycles. The lowest BCUT2D eigenvalue weighted by Crippen LogP contribution is -2.53. The Labute approximate surface area is 238 Å². The number of hydrogen-bond acceptors (Lipinski definition) is 4. The Morgan fingerprint density at radius 1 is 1.00 bits per heavy atom. The number of hydrogen-bond donors (Lipinski definition) is 1. The third-order valence-electron chi connectivity index (χ3n) is 6.32. The Morgan fingerprint density at radius 3 is 2.22 bits per heavy atom. The monoisotopic (exact) mass is 607 g/mol. The second-order valence-electron chi connectivity index (χ2n) is 9.01. The topological polar surface area (TPSA) is 86.8 Å². The van der Waals surface area contributed by atoms with Crippen LogP contribution in [-0.4, -0.2) is 50.0 Å². The first-order valence-electron chi connectivity index (χ1n) is 11.9. The maximum absolute atomic E-state index is 13.8. The van der Waals surface area contributed by atoms with E-state index < -0.39 is 28.5 Å². The van der Waals surface area contributed by atoms with Crippen molar-refractivity contribution in [3.8, 4) is 0 Å². The van der Waals surface area contributed by atoms with Gasteiger partial charge < -0.3 is 10.2 Å². The van der Waals surface area contributed by atoms with Gasteiger partial charge in [0.1, 0.15) is 12.6 Å². The third kappa shape index (κ3) is 7.67. The number of carbonyl (C=O) groups excluding carboxylic acids is 2. The van der Waals surface area contributed by atoms with Crippen molar-refractivity contribution >= 4 is 73.9 Å². The Bertz CT molecular complexity index is 1250. The zero-order valence-electron chi connectivity index (χ0n) is 20.5. The predicted octanol–water partition coefficient (Wildman–Crippen LogP) is 5.93. The maximum Gasteiger partial charge on any atom is 0.244 e. The molecule has 0 unspecified atom stereocenters. The number of rotatable bonds is 10. The molecule has 12 heteroatoms. The highest BCUT2D eigenvalue weighted by molar-refractivity contribution is 7.92. The zero-order valence-corrected chi connectivity index (χ0v) is 24.4. The van der Waals surface area contributed by atoms with Gasteiger partial charge in [-0.2, -0.15) is 0 Å². The zero-order chi connectivity index (χ0) is 27.3. The number of benzene rings is 2. The van der Waals surface area contributed by atoms with E-state index >= 15 is 0 Å². The molecule has 1 aliphatic carbocycles. The van der Waals surface area contributed by atoms with Gasteiger partial charge in [0.2, 0.25) is 21.8 Å². The summed E-state index contributed by atoms with van der Waals surface area (Å²) in [6.45, 7) is 1.21. The van der Waals surface area contributed by atoms with Crippen molar-refractivity contribution in [2.45, 2.75) is 57.7 Å². The summed E-state index contributed by atoms with van der Waals surface area (Å²) < 4.78 is 26.4. The van der Waals surface area contributed by atoms with E-state index in [1.807, 2.05) is 0 Å². The molecule has 2 aromatic carbocycles. The molecule has 7 nitrogen and oxygen atoms in total. The van der Waals surface area contributed by atoms with Gasteiger partial charge in [-0.05, 0) is 43.0 Å². The first-order chi connectivity index (χ1) is 17.4. The van der Waals surface area contributed by atoms with Crippen LogP contribution in [0.2, 0.25) is 20.1 Å². The highest BCUT2D eigenvalue weighted by Crippen LogP contribution is 2.36. The number of halogens is 4. The van der Waals surface area contributed by atoms with Crippen LogP contribution in [0.5, 0.6) is 0 Å². The molecule has 0 aliphatic heterocycles. The van der Waals surface area contributed by atoms with Crippen LogP contribution in [0.4, 0.5) is 5.69 Å². The molecule has 1 aliphatic rings. The maximum atomic E-state index is 13.8. The number of nitrogens with one attached hydrogen (secondary N) is 1. The van der Waals surface area contributed by atoms with E-state index in [-0.39, 0.29) is 39.2 Å². The van der Waals surface area contributed by atoms with Crippen molar-refractivity contribution in [2.75, 3.05) is 17.1 Å². The molecule has 1 N–H and O–H groups in total. The van der Waals surface area contributed by atoms with E-state index in [0.29, 0.717) is 17.0 Å². The molecule has 202 valence electrons. The fourth-order valence-corrected chi connectivity index (χ4v) is 6.14. The van der Waals surface area contributed by atoms with E-state index in [0.717, 1.165) is 36.2 Å². The van der Waals surface area contributed by atoms with Crippen LogP contribution in [0, 0.1) is 0 Å². The molecule has 2 amide bonds. The molecule has 0 bridgehead atoms. The number of nitrogens with zero attached hydrogens (tertiary/aromatic N) is 2. The second kappa shape index (κ2) is 12.9. The van der Waals surface area contributed by atoms with E-state index in [1.165, 1.54) is 17.0 Å². The Balaban J connectivity index is 1.98. The van der Waals surface area contributed by atoms with E-state index in [1.54, 1.807) is 31.2 Å². The third-order valence-corrected chi connectivity index (χ3v) is 8.84. The number of anilines is 1. The Morgan fingerprint density at radius 2 is 1.62 bits per heavy atom. The molecule has 0 spiro atoms. The lowest BCUT2D eigenvalue weighted by atomic mass is 10.1. The van der Waals surface area contributed by atoms with Crippen LogP contribution < -0.4 is 9.62 Å². The largest absolute Gasteiger partial charge is 0.352 e. The normalized spacial score (nSPS) is 14.9. The van der Waals surface area contributed by atoms with Gasteiger partial charge in [0.25, 0.3) is 0 Å². The van der Waals surface area contributed by atoms with Crippen LogP contribution in [0.1, 0.15) is 44.6 Å². The highest BCUT2D eigenvalue weighted by Gasteiger charge is 2.34. The van der Waals surface area contributed by atoms with Crippen molar-refractivity contribution in [1.82, 2.24) is 10.2 Å². The van der Waals surface area contributed by atoms with Crippen LogP contribution in [0.25, 0.3) is 0 Å². The van der Waals surface area contributed by atoms with Crippen molar-refractivity contribution in [2.24, 2.45) is 0 Å². The minimum absolute atomic E-state index is 0.00747. The molecule has 1 fully saturated rings. The summed E-state index contributed by atoms with van der Waals surface area (Å²) in [5, 5.41) is 3.72. The molecular weight excluding hydrogens is 580 g/mol. The van der Waals surface area contributed by atoms with E-state index in [9.17, 15) is 18.0 Å². The first kappa shape index (κ1) is 29.8. The molecule has 2 aromatic rings. The summed E-state index contributed by atoms with van der Waals surface area (Å²) in [4.78, 5) is 28.5. The van der Waals surface area contributed by atoms with Gasteiger partial charge in [0.15, 0.2) is 0 Å². The fraction of sp³-hybridized carbons (Fsp3) is 0.440. The SMILES string of the molecule is CC[C@@H](C(=O)NC1CCCC1)N(Cc1ccccc1Cl)C(=O)CN(c1cc(Cl)c(Cl)cc1Cl)S(C)(=O)=O. The number of sulfonamides is 1. The van der Waals surface area contributed by atoms with Crippen molar-refractivity contribution in [1.29, 1.82) is 0 Å². The molecule has 0 heterocycles. The van der Waals surface area contributed by atoms with Gasteiger partial charge in [-0.15, -0.1) is 0 Å². The Kier molecular flexibility index (Phi) is 10.4. The minimum atomic E-state index is -3.98. The van der Waals surface area contributed by atoms with Gasteiger partial charge in [0.05, 0.1) is 27.0 Å². The number of amides is 2. The predicted molar refractivity (Wildman–Crippen MR) is 150 cm³/mol. The van der Waals surface area contributed by atoms with Crippen LogP contribution in [0.15, 0.2) is 36.4 Å². The molecule has 1 atom stereocenters. The van der Waals surface area contributed by atoms with Gasteiger partial charge >= 0.3 is 0 Å². The summed E-state index contributed by atoms with van der Waals surface area (Å²) in [7, 11) is -3.98. The lowest BCUT2D eigenvalue weighted by Gasteiger charge is -2.33. The summed E-state index contributed by atoms with van der Waals surface area (Å²) in [6, 6.07) is 8.82. The van der Waals surface area contributed by atoms with E-state index in [2.05, 4.69) is 5.32 Å². The minimum Gasteiger partial charge on any atom is -0.352 e. The second-order valence-corrected chi connectivity index (χ2v) is 12.6. The molecular formula is C25H29Cl4N3O4S. The smallest absolute Gasteiger partial charge is 0.244 e. The quantitative estimate of drug-likeness (QED) is 0.339. The van der Waals surface area contributed by atoms with Gasteiger partial charge in [-0.3, -0.25) is 13.9 Å². The van der Waals surface area contributed by atoms with Gasteiger partial charge in [-0.1, -0.05) is 84.4 Å². The summed E-state index contributed by atoms with van der Waals surface area (Å²) in [5.74, 6) is -0.880. The molecule has 0 radical (unpaired) electrons. The Hall–Kier alpha value is -1.71. The van der Waals surface area contributed by atoms with Crippen LogP contribution >= 0.6 is 46.4 Å². The van der Waals surface area contributed by atoms with Crippen molar-refractivity contribution in [3.63, 3.8) is 0 Å². The van der Waals surface area contributed by atoms with E-state index in [4.69, 9.17) is 46.4 Å². The van der Waals surface area contributed by atoms with Crippen molar-refractivity contribution in [3.05, 3.63) is 62.1 Å². The average molecular weight is 609 g/mol. The standard InChI is InChI=1S/C25H29Cl4N3O4S/c1-3-22(25(34)30-17-9-5-6-10-17)31(14-16-8-4-7-11-18(16)26)24(33)15-32(37(2,35)36)23-13-20(28)19(27)12-21(23)29/h4,7-8,11-13,17,22H,3,5-6,9-10,14-15H2,1-2H3,(H,30,34)/t22-/m0/s1. The molecule has 3 rings (SSSR count). The molecule has 0 saturated heterocycles. The lowest BCUT2D eigenvalue weighted by molar-refractivity contribution is -0.140. The first-order valence-corrected chi connectivity index (χ1v) is 15.2. The molecule has 0 aromatic heterocycles.